The number of ether oxygens (including phenoxy) is 1. The molecular weight excluding hydrogens is 294 g/mol. The number of nitrogens with zero attached hydrogens (tertiary/aromatic N) is 1. The van der Waals surface area contributed by atoms with Gasteiger partial charge in [0, 0.05) is 6.04 Å². The second-order valence-electron chi connectivity index (χ2n) is 4.63. The normalized spacial score (nSPS) is 11.4. The summed E-state index contributed by atoms with van der Waals surface area (Å²) in [7, 11) is 0. The van der Waals surface area contributed by atoms with Crippen LogP contribution in [0, 0.1) is 11.3 Å². The quantitative estimate of drug-likeness (QED) is 0.892. The molecule has 1 aromatic rings. The molecule has 0 aliphatic rings. The zero-order valence-corrected chi connectivity index (χ0v) is 12.7. The number of urea groups is 1. The molecular formula is C14H16ClN3O3. The summed E-state index contributed by atoms with van der Waals surface area (Å²) in [6.07, 6.45) is -0.909. The highest BCUT2D eigenvalue weighted by atomic mass is 35.5. The summed E-state index contributed by atoms with van der Waals surface area (Å²) in [5.41, 5.74) is 0.390. The number of halogens is 1. The van der Waals surface area contributed by atoms with Gasteiger partial charge in [-0.05, 0) is 39.0 Å². The predicted molar refractivity (Wildman–Crippen MR) is 78.1 cm³/mol. The second kappa shape index (κ2) is 7.50. The third-order valence-electron chi connectivity index (χ3n) is 2.39. The van der Waals surface area contributed by atoms with Gasteiger partial charge < -0.3 is 10.1 Å². The average Bonchev–Trinajstić information content (AvgIpc) is 2.39. The van der Waals surface area contributed by atoms with Crippen molar-refractivity contribution in [2.45, 2.75) is 32.9 Å². The summed E-state index contributed by atoms with van der Waals surface area (Å²) < 4.78 is 5.38. The van der Waals surface area contributed by atoms with Crippen molar-refractivity contribution in [2.75, 3.05) is 0 Å². The SMILES string of the molecule is CC(C)NC(=O)NC(=O)[C@H](C)Oc1ccc(C#N)cc1Cl. The Morgan fingerprint density at radius 2 is 2.00 bits per heavy atom. The van der Waals surface area contributed by atoms with Gasteiger partial charge in [0.05, 0.1) is 16.7 Å². The first-order chi connectivity index (χ1) is 9.83. The molecule has 0 bridgehead atoms. The van der Waals surface area contributed by atoms with Gasteiger partial charge in [-0.3, -0.25) is 10.1 Å². The van der Waals surface area contributed by atoms with Gasteiger partial charge in [-0.1, -0.05) is 11.6 Å². The number of benzene rings is 1. The summed E-state index contributed by atoms with van der Waals surface area (Å²) in [5.74, 6) is -0.323. The van der Waals surface area contributed by atoms with Crippen LogP contribution in [0.2, 0.25) is 5.02 Å². The number of amides is 3. The summed E-state index contributed by atoms with van der Waals surface area (Å²) in [5, 5.41) is 13.7. The van der Waals surface area contributed by atoms with Gasteiger partial charge in [0.1, 0.15) is 5.75 Å². The van der Waals surface area contributed by atoms with Crippen molar-refractivity contribution in [3.8, 4) is 11.8 Å². The van der Waals surface area contributed by atoms with Crippen LogP contribution in [-0.4, -0.2) is 24.1 Å². The van der Waals surface area contributed by atoms with Crippen molar-refractivity contribution in [1.29, 1.82) is 5.26 Å². The number of imide groups is 1. The van der Waals surface area contributed by atoms with Gasteiger partial charge >= 0.3 is 6.03 Å². The number of nitriles is 1. The lowest BCUT2D eigenvalue weighted by atomic mass is 10.2. The van der Waals surface area contributed by atoms with E-state index in [-0.39, 0.29) is 16.8 Å². The molecule has 21 heavy (non-hydrogen) atoms. The van der Waals surface area contributed by atoms with Crippen molar-refractivity contribution >= 4 is 23.5 Å². The first kappa shape index (κ1) is 16.8. The lowest BCUT2D eigenvalue weighted by molar-refractivity contribution is -0.126. The van der Waals surface area contributed by atoms with E-state index in [1.807, 2.05) is 6.07 Å². The Bertz CT molecular complexity index is 581. The van der Waals surface area contributed by atoms with E-state index in [0.29, 0.717) is 5.56 Å². The highest BCUT2D eigenvalue weighted by molar-refractivity contribution is 6.32. The molecule has 7 heteroatoms. The maximum atomic E-state index is 11.8. The molecule has 0 aliphatic carbocycles. The van der Waals surface area contributed by atoms with E-state index >= 15 is 0 Å². The predicted octanol–water partition coefficient (Wildman–Crippen LogP) is 2.21. The van der Waals surface area contributed by atoms with Gasteiger partial charge in [-0.2, -0.15) is 5.26 Å². The van der Waals surface area contributed by atoms with Crippen LogP contribution in [0.4, 0.5) is 4.79 Å². The number of carbonyl (C=O) groups is 2. The molecule has 0 saturated carbocycles. The first-order valence-electron chi connectivity index (χ1n) is 6.31. The maximum absolute atomic E-state index is 11.8. The minimum atomic E-state index is -0.909. The second-order valence-corrected chi connectivity index (χ2v) is 5.04. The fourth-order valence-electron chi connectivity index (χ4n) is 1.42. The topological polar surface area (TPSA) is 91.2 Å². The summed E-state index contributed by atoms with van der Waals surface area (Å²) in [6.45, 7) is 5.05. The van der Waals surface area contributed by atoms with Crippen LogP contribution in [0.5, 0.6) is 5.75 Å². The van der Waals surface area contributed by atoms with Crippen molar-refractivity contribution in [2.24, 2.45) is 0 Å². The maximum Gasteiger partial charge on any atom is 0.321 e. The van der Waals surface area contributed by atoms with Crippen molar-refractivity contribution in [3.63, 3.8) is 0 Å². The molecule has 0 aliphatic heterocycles. The first-order valence-corrected chi connectivity index (χ1v) is 6.69. The highest BCUT2D eigenvalue weighted by Crippen LogP contribution is 2.26. The van der Waals surface area contributed by atoms with Crippen LogP contribution in [0.25, 0.3) is 0 Å². The zero-order chi connectivity index (χ0) is 16.0. The van der Waals surface area contributed by atoms with Crippen molar-refractivity contribution < 1.29 is 14.3 Å². The largest absolute Gasteiger partial charge is 0.479 e. The minimum Gasteiger partial charge on any atom is -0.479 e. The van der Waals surface area contributed by atoms with Crippen LogP contribution < -0.4 is 15.4 Å². The van der Waals surface area contributed by atoms with E-state index in [4.69, 9.17) is 21.6 Å². The Morgan fingerprint density at radius 3 is 2.52 bits per heavy atom. The van der Waals surface area contributed by atoms with Crippen LogP contribution >= 0.6 is 11.6 Å². The third-order valence-corrected chi connectivity index (χ3v) is 2.69. The molecule has 0 radical (unpaired) electrons. The van der Waals surface area contributed by atoms with Gasteiger partial charge in [0.2, 0.25) is 0 Å². The van der Waals surface area contributed by atoms with Gasteiger partial charge in [0.25, 0.3) is 5.91 Å². The average molecular weight is 310 g/mol. The molecule has 112 valence electrons. The van der Waals surface area contributed by atoms with Crippen LogP contribution in [0.3, 0.4) is 0 Å². The summed E-state index contributed by atoms with van der Waals surface area (Å²) >= 11 is 5.94. The Kier molecular flexibility index (Phi) is 6.00. The van der Waals surface area contributed by atoms with Gasteiger partial charge in [0.15, 0.2) is 6.10 Å². The van der Waals surface area contributed by atoms with Gasteiger partial charge in [-0.25, -0.2) is 4.79 Å². The summed E-state index contributed by atoms with van der Waals surface area (Å²) in [4.78, 5) is 23.2. The fraction of sp³-hybridized carbons (Fsp3) is 0.357. The van der Waals surface area contributed by atoms with Crippen LogP contribution in [-0.2, 0) is 4.79 Å². The van der Waals surface area contributed by atoms with Crippen molar-refractivity contribution in [3.05, 3.63) is 28.8 Å². The molecule has 1 aromatic carbocycles. The number of hydrogen-bond acceptors (Lipinski definition) is 4. The van der Waals surface area contributed by atoms with Crippen molar-refractivity contribution in [1.82, 2.24) is 10.6 Å². The monoisotopic (exact) mass is 309 g/mol. The Balaban J connectivity index is 2.64. The van der Waals surface area contributed by atoms with E-state index in [0.717, 1.165) is 0 Å². The number of carbonyl (C=O) groups excluding carboxylic acids is 2. The standard InChI is InChI=1S/C14H16ClN3O3/c1-8(2)17-14(20)18-13(19)9(3)21-12-5-4-10(7-16)6-11(12)15/h4-6,8-9H,1-3H3,(H2,17,18,19,20)/t9-/m0/s1. The molecule has 1 rings (SSSR count). The molecule has 2 N–H and O–H groups in total. The van der Waals surface area contributed by atoms with E-state index in [1.54, 1.807) is 13.8 Å². The van der Waals surface area contributed by atoms with E-state index in [1.165, 1.54) is 25.1 Å². The molecule has 0 aromatic heterocycles. The van der Waals surface area contributed by atoms with E-state index < -0.39 is 18.0 Å². The van der Waals surface area contributed by atoms with Crippen LogP contribution in [0.1, 0.15) is 26.3 Å². The molecule has 0 spiro atoms. The molecule has 0 fully saturated rings. The lowest BCUT2D eigenvalue weighted by Gasteiger charge is -2.16. The minimum absolute atomic E-state index is 0.0815. The lowest BCUT2D eigenvalue weighted by Crippen LogP contribution is -2.47. The highest BCUT2D eigenvalue weighted by Gasteiger charge is 2.18. The van der Waals surface area contributed by atoms with E-state index in [2.05, 4.69) is 10.6 Å². The number of rotatable bonds is 4. The Labute approximate surface area is 128 Å². The molecule has 0 saturated heterocycles. The fourth-order valence-corrected chi connectivity index (χ4v) is 1.65. The Morgan fingerprint density at radius 1 is 1.33 bits per heavy atom. The number of hydrogen-bond donors (Lipinski definition) is 2. The molecule has 3 amide bonds. The summed E-state index contributed by atoms with van der Waals surface area (Å²) in [6, 6.07) is 5.74. The van der Waals surface area contributed by atoms with Crippen LogP contribution in [0.15, 0.2) is 18.2 Å². The molecule has 0 unspecified atom stereocenters. The molecule has 1 atom stereocenters. The van der Waals surface area contributed by atoms with E-state index in [9.17, 15) is 9.59 Å². The van der Waals surface area contributed by atoms with Gasteiger partial charge in [-0.15, -0.1) is 0 Å². The molecule has 6 nitrogen and oxygen atoms in total. The number of nitrogens with one attached hydrogen (secondary N) is 2. The smallest absolute Gasteiger partial charge is 0.321 e. The third kappa shape index (κ3) is 5.32. The molecule has 0 heterocycles. The zero-order valence-electron chi connectivity index (χ0n) is 11.9. The Hall–Kier alpha value is -2.26.